The van der Waals surface area contributed by atoms with Crippen molar-refractivity contribution in [2.45, 2.75) is 131 Å². The van der Waals surface area contributed by atoms with Crippen LogP contribution < -0.4 is 0 Å². The van der Waals surface area contributed by atoms with Gasteiger partial charge < -0.3 is 46.0 Å². The van der Waals surface area contributed by atoms with Crippen LogP contribution in [0.5, 0.6) is 0 Å². The van der Waals surface area contributed by atoms with E-state index in [1.807, 2.05) is 0 Å². The van der Waals surface area contributed by atoms with E-state index in [9.17, 15) is 103 Å². The van der Waals surface area contributed by atoms with Crippen molar-refractivity contribution in [2.75, 3.05) is 177 Å². The van der Waals surface area contributed by atoms with Crippen LogP contribution in [0.3, 0.4) is 0 Å². The molecule has 51 heteroatoms. The highest BCUT2D eigenvalue weighted by atomic mass is 127. The topological polar surface area (TPSA) is 599 Å². The van der Waals surface area contributed by atoms with Crippen molar-refractivity contribution >= 4 is 192 Å². The summed E-state index contributed by atoms with van der Waals surface area (Å²) in [5, 5.41) is 101. The van der Waals surface area contributed by atoms with Gasteiger partial charge in [-0.05, 0) is 84.5 Å². The van der Waals surface area contributed by atoms with E-state index >= 15 is 43.2 Å². The molecule has 21 unspecified atom stereocenters. The lowest BCUT2D eigenvalue weighted by atomic mass is 9.75. The highest BCUT2D eigenvalue weighted by Gasteiger charge is 2.73. The van der Waals surface area contributed by atoms with Gasteiger partial charge >= 0.3 is 53.7 Å². The molecular formula is C75H93I3N18O30. The fraction of sp³-hybridized carbons (Fsp3) is 0.640. The Balaban J connectivity index is 0.949. The van der Waals surface area contributed by atoms with Gasteiger partial charge in [0, 0.05) is 189 Å². The van der Waals surface area contributed by atoms with Crippen LogP contribution in [0.15, 0.2) is 0 Å². The van der Waals surface area contributed by atoms with Gasteiger partial charge in [0.05, 0.1) is 38.9 Å². The highest BCUT2D eigenvalue weighted by molar-refractivity contribution is 14.1. The maximum Gasteiger partial charge on any atom is 0.323 e. The molecule has 12 heterocycles. The number of halogens is 3. The minimum Gasteiger partial charge on any atom is -0.480 e. The molecule has 0 aromatic heterocycles. The lowest BCUT2D eigenvalue weighted by Gasteiger charge is -2.55. The van der Waals surface area contributed by atoms with E-state index in [4.69, 9.17) is 0 Å². The summed E-state index contributed by atoms with van der Waals surface area (Å²) in [4.78, 5) is 328. The van der Waals surface area contributed by atoms with E-state index in [1.54, 1.807) is 67.8 Å². The smallest absolute Gasteiger partial charge is 0.323 e. The lowest BCUT2D eigenvalue weighted by molar-refractivity contribution is -0.183. The monoisotopic (exact) mass is 2110 g/mol. The summed E-state index contributed by atoms with van der Waals surface area (Å²) < 4.78 is -0.481. The first-order chi connectivity index (χ1) is 59.4. The molecule has 9 N–H and O–H groups in total. The molecule has 12 saturated heterocycles. The van der Waals surface area contributed by atoms with Gasteiger partial charge in [0.2, 0.25) is 53.2 Å². The Bertz CT molecular complexity index is 4370. The molecule has 126 heavy (non-hydrogen) atoms. The van der Waals surface area contributed by atoms with Crippen LogP contribution in [-0.2, 0) is 120 Å². The summed E-state index contributed by atoms with van der Waals surface area (Å²) in [5.41, 5.74) is -9.24. The molecule has 3 spiro atoms. The predicted molar refractivity (Wildman–Crippen MR) is 442 cm³/mol. The van der Waals surface area contributed by atoms with Crippen LogP contribution in [0, 0.1) is 10.7 Å². The first-order valence-electron chi connectivity index (χ1n) is 40.5. The minimum absolute atomic E-state index is 0.0896. The number of benzene rings is 1. The molecule has 21 atom stereocenters. The van der Waals surface area contributed by atoms with Crippen LogP contribution >= 0.6 is 67.8 Å². The van der Waals surface area contributed by atoms with Crippen molar-refractivity contribution in [3.63, 3.8) is 0 Å². The molecule has 684 valence electrons. The number of aliphatic carboxylic acids is 9. The maximum atomic E-state index is 16.3. The molecule has 12 fully saturated rings. The van der Waals surface area contributed by atoms with Gasteiger partial charge in [0.25, 0.3) is 17.7 Å². The average molecular weight is 2110 g/mol. The Hall–Kier alpha value is -9.00. The Morgan fingerprint density at radius 3 is 0.611 bits per heavy atom. The zero-order valence-corrected chi connectivity index (χ0v) is 74.8. The fourth-order valence-electron chi connectivity index (χ4n) is 21.2. The van der Waals surface area contributed by atoms with Gasteiger partial charge in [-0.1, -0.05) is 0 Å². The molecule has 1 aromatic carbocycles. The number of imide groups is 6. The minimum atomic E-state index is -2.81. The van der Waals surface area contributed by atoms with E-state index in [-0.39, 0.29) is 199 Å². The number of carboxylic acid groups (broad SMARTS) is 9. The molecule has 13 rings (SSSR count). The zero-order chi connectivity index (χ0) is 92.0. The highest BCUT2D eigenvalue weighted by Crippen LogP contribution is 2.46. The third kappa shape index (κ3) is 16.3. The predicted octanol–water partition coefficient (Wildman–Crippen LogP) is -8.56. The van der Waals surface area contributed by atoms with Crippen molar-refractivity contribution in [1.82, 2.24) is 88.2 Å². The van der Waals surface area contributed by atoms with Crippen molar-refractivity contribution in [3.8, 4) is 0 Å². The molecule has 0 saturated carbocycles. The number of piperazine rings is 3. The largest absolute Gasteiger partial charge is 0.480 e. The van der Waals surface area contributed by atoms with Crippen LogP contribution in [-0.4, -0.2) is 506 Å². The molecule has 1 aromatic rings. The van der Waals surface area contributed by atoms with Crippen molar-refractivity contribution < 1.29 is 147 Å². The summed E-state index contributed by atoms with van der Waals surface area (Å²) in [6, 6.07) is -18.0. The molecule has 12 aliphatic heterocycles. The van der Waals surface area contributed by atoms with Gasteiger partial charge in [0.1, 0.15) is 74.0 Å². The SMILES string of the molecule is CC(=O)N(Cc1c(I)c(CN(C(C)=O)C(=O)CN2C(=O)CC(C(=O)O)N3CCN4CCN5CCN(CC3)C(C2=O)(C4C(=O)O)C5C(=O)O)c(I)c(CN(C(C)=O)C(=O)CN2C(=O)CC(C(=O)O)N3CCN4CCN5CCN(CC3)C(C2=O)(C4C(=O)O)C5C(=O)O)c1I)C(=O)CN1C(=O)CC(C(=O)O)N2CCN3CCN4CCN(CC2)C(C1=O)(C3C(=O)O)C4C(=O)O. The first-order valence-corrected chi connectivity index (χ1v) is 43.8. The van der Waals surface area contributed by atoms with E-state index in [0.29, 0.717) is 14.7 Å². The molecule has 12 bridgehead atoms. The number of rotatable bonds is 21. The first kappa shape index (κ1) is 94.6. The number of hydrogen-bond acceptors (Lipinski definition) is 33. The summed E-state index contributed by atoms with van der Waals surface area (Å²) >= 11 is 4.97. The third-order valence-corrected chi connectivity index (χ3v) is 31.0. The Labute approximate surface area is 757 Å². The summed E-state index contributed by atoms with van der Waals surface area (Å²) in [6.07, 6.45) is -3.31. The number of carboxylic acids is 9. The average Bonchev–Trinajstić information content (AvgIpc) is 1.42. The summed E-state index contributed by atoms with van der Waals surface area (Å²) in [6.45, 7) is -10.8. The number of carbonyl (C=O) groups excluding carboxylic acids is 12. The number of fused-ring (bicyclic) bond motifs is 12. The Morgan fingerprint density at radius 2 is 0.444 bits per heavy atom. The lowest BCUT2D eigenvalue weighted by Crippen LogP contribution is -2.82. The fourth-order valence-corrected chi connectivity index (χ4v) is 25.4. The second-order valence-corrected chi connectivity index (χ2v) is 36.3. The maximum absolute atomic E-state index is 16.3. The quantitative estimate of drug-likeness (QED) is 0.0408. The van der Waals surface area contributed by atoms with E-state index < -0.39 is 254 Å². The van der Waals surface area contributed by atoms with E-state index in [2.05, 4.69) is 0 Å². The van der Waals surface area contributed by atoms with E-state index in [0.717, 1.165) is 20.8 Å². The van der Waals surface area contributed by atoms with Crippen molar-refractivity contribution in [3.05, 3.63) is 27.4 Å². The van der Waals surface area contributed by atoms with Crippen LogP contribution in [0.2, 0.25) is 0 Å². The molecular weight excluding hydrogens is 2010 g/mol. The molecule has 48 nitrogen and oxygen atoms in total. The van der Waals surface area contributed by atoms with Crippen molar-refractivity contribution in [1.29, 1.82) is 0 Å². The molecule has 12 amide bonds. The van der Waals surface area contributed by atoms with Crippen LogP contribution in [0.1, 0.15) is 56.7 Å². The van der Waals surface area contributed by atoms with Gasteiger partial charge in [-0.2, -0.15) is 0 Å². The molecule has 12 aliphatic rings. The second kappa shape index (κ2) is 36.9. The normalized spacial score (nSPS) is 33.6. The third-order valence-electron chi connectivity index (χ3n) is 27.1. The number of hydrogen-bond donors (Lipinski definition) is 9. The number of amides is 12. The molecule has 0 radical (unpaired) electrons. The van der Waals surface area contributed by atoms with Crippen molar-refractivity contribution in [2.24, 2.45) is 0 Å². The van der Waals surface area contributed by atoms with Crippen LogP contribution in [0.4, 0.5) is 0 Å². The van der Waals surface area contributed by atoms with Gasteiger partial charge in [-0.15, -0.1) is 0 Å². The van der Waals surface area contributed by atoms with Gasteiger partial charge in [-0.3, -0.25) is 189 Å². The second-order valence-electron chi connectivity index (χ2n) is 33.1. The molecule has 0 aliphatic carbocycles. The standard InChI is InChI=1S/C75H93I3N18O30/c1-37(97)91(49(103)34-94-46(100)28-43(61(106)107)79-4-7-82-10-13-85-19-25-88(22-16-79)73(70(94)124,55(82)64(112)113)58(85)67(118)119)31-40-52(76)41(32-92(38(2)98)50(104)35-95-47(101)29-44(62(108)109)80-5-8-83-11-14-86-20-26-89(23-17-80)74(71(95)125,56(83)65(114)115)59(86)68(120)121)54(78)42(53(40)77)33-93(39(3)99)51(105)36-96-48(102)30-45(63(110)111)81-6-9-84-12-15-87-21-27-90(24-18-81)75(72(96)126,57(84)66(116)117)60(87)69(122)123/h43-45,55-60H,4-36H2,1-3H3,(H,106,107)(H,108,109)(H,110,111)(H,112,113)(H,114,115)(H,116,117)(H,118,119)(H,120,121)(H,122,123). The van der Waals surface area contributed by atoms with Gasteiger partial charge in [-0.25, -0.2) is 0 Å². The van der Waals surface area contributed by atoms with E-state index in [1.165, 1.54) is 58.8 Å². The van der Waals surface area contributed by atoms with Crippen LogP contribution in [0.25, 0.3) is 0 Å². The summed E-state index contributed by atoms with van der Waals surface area (Å²) in [7, 11) is 0. The Kier molecular flexibility index (Phi) is 27.7. The number of carbonyl (C=O) groups is 21. The Morgan fingerprint density at radius 1 is 0.278 bits per heavy atom. The summed E-state index contributed by atoms with van der Waals surface area (Å²) in [5.74, 6) is -32.5. The van der Waals surface area contributed by atoms with Gasteiger partial charge in [0.15, 0.2) is 16.6 Å². The zero-order valence-electron chi connectivity index (χ0n) is 68.3. The number of nitrogens with zero attached hydrogens (tertiary/aromatic N) is 18.